The number of aryl methyl sites for hydroxylation is 1. The van der Waals surface area contributed by atoms with Crippen LogP contribution >= 0.6 is 0 Å². The van der Waals surface area contributed by atoms with E-state index in [-0.39, 0.29) is 11.4 Å². The van der Waals surface area contributed by atoms with Gasteiger partial charge in [-0.2, -0.15) is 0 Å². The van der Waals surface area contributed by atoms with Gasteiger partial charge in [0.2, 0.25) is 0 Å². The number of aromatic carboxylic acids is 1. The van der Waals surface area contributed by atoms with E-state index in [2.05, 4.69) is 0 Å². The fourth-order valence-corrected chi connectivity index (χ4v) is 2.56. The van der Waals surface area contributed by atoms with Gasteiger partial charge in [-0.25, -0.2) is 9.18 Å². The van der Waals surface area contributed by atoms with Gasteiger partial charge < -0.3 is 5.11 Å². The normalized spacial score (nSPS) is 10.8. The lowest BCUT2D eigenvalue weighted by Crippen LogP contribution is -2.00. The van der Waals surface area contributed by atoms with Gasteiger partial charge >= 0.3 is 5.97 Å². The average molecular weight is 280 g/mol. The highest BCUT2D eigenvalue weighted by Gasteiger charge is 2.15. The third kappa shape index (κ3) is 2.27. The summed E-state index contributed by atoms with van der Waals surface area (Å²) in [7, 11) is 0. The number of carbonyl (C=O) groups is 1. The molecule has 0 aromatic heterocycles. The second kappa shape index (κ2) is 5.02. The van der Waals surface area contributed by atoms with Gasteiger partial charge in [0.15, 0.2) is 0 Å². The molecule has 3 rings (SSSR count). The zero-order chi connectivity index (χ0) is 15.0. The Morgan fingerprint density at radius 2 is 1.67 bits per heavy atom. The van der Waals surface area contributed by atoms with Gasteiger partial charge in [0.1, 0.15) is 5.82 Å². The number of carboxylic acids is 1. The summed E-state index contributed by atoms with van der Waals surface area (Å²) in [5.41, 5.74) is 2.52. The number of rotatable bonds is 2. The van der Waals surface area contributed by atoms with Crippen LogP contribution in [-0.2, 0) is 0 Å². The molecule has 104 valence electrons. The minimum atomic E-state index is -0.988. The molecule has 0 aliphatic heterocycles. The van der Waals surface area contributed by atoms with Crippen molar-refractivity contribution < 1.29 is 14.3 Å². The molecule has 0 atom stereocenters. The summed E-state index contributed by atoms with van der Waals surface area (Å²) >= 11 is 0. The lowest BCUT2D eigenvalue weighted by Gasteiger charge is -2.11. The Bertz CT molecular complexity index is 853. The lowest BCUT2D eigenvalue weighted by molar-refractivity contribution is 0.0698. The lowest BCUT2D eigenvalue weighted by atomic mass is 9.93. The van der Waals surface area contributed by atoms with Crippen molar-refractivity contribution in [2.45, 2.75) is 6.92 Å². The number of benzene rings is 3. The quantitative estimate of drug-likeness (QED) is 0.741. The first-order chi connectivity index (χ1) is 10.1. The summed E-state index contributed by atoms with van der Waals surface area (Å²) in [6, 6.07) is 15.3. The predicted molar refractivity (Wildman–Crippen MR) is 81.0 cm³/mol. The van der Waals surface area contributed by atoms with Crippen LogP contribution in [0.25, 0.3) is 21.9 Å². The molecule has 0 radical (unpaired) electrons. The summed E-state index contributed by atoms with van der Waals surface area (Å²) < 4.78 is 13.9. The van der Waals surface area contributed by atoms with E-state index in [0.29, 0.717) is 16.3 Å². The van der Waals surface area contributed by atoms with Gasteiger partial charge in [0.05, 0.1) is 5.56 Å². The molecule has 0 aliphatic carbocycles. The molecule has 0 saturated carbocycles. The zero-order valence-electron chi connectivity index (χ0n) is 11.4. The third-order valence-corrected chi connectivity index (χ3v) is 3.57. The van der Waals surface area contributed by atoms with Crippen molar-refractivity contribution in [1.29, 1.82) is 0 Å². The first kappa shape index (κ1) is 13.3. The van der Waals surface area contributed by atoms with Crippen LogP contribution in [0.15, 0.2) is 54.6 Å². The van der Waals surface area contributed by atoms with Gasteiger partial charge in [-0.3, -0.25) is 0 Å². The van der Waals surface area contributed by atoms with Crippen LogP contribution in [-0.4, -0.2) is 11.1 Å². The van der Waals surface area contributed by atoms with Crippen LogP contribution in [0.1, 0.15) is 15.9 Å². The molecular formula is C18H13FO2. The molecule has 21 heavy (non-hydrogen) atoms. The van der Waals surface area contributed by atoms with E-state index < -0.39 is 5.97 Å². The van der Waals surface area contributed by atoms with Crippen molar-refractivity contribution in [2.24, 2.45) is 0 Å². The van der Waals surface area contributed by atoms with E-state index >= 15 is 0 Å². The van der Waals surface area contributed by atoms with Crippen LogP contribution in [0.2, 0.25) is 0 Å². The number of carboxylic acid groups (broad SMARTS) is 1. The Hall–Kier alpha value is -2.68. The van der Waals surface area contributed by atoms with Crippen LogP contribution < -0.4 is 0 Å². The van der Waals surface area contributed by atoms with E-state index in [1.165, 1.54) is 6.07 Å². The van der Waals surface area contributed by atoms with Crippen molar-refractivity contribution in [2.75, 3.05) is 0 Å². The Morgan fingerprint density at radius 1 is 0.952 bits per heavy atom. The largest absolute Gasteiger partial charge is 0.478 e. The van der Waals surface area contributed by atoms with Crippen molar-refractivity contribution in [1.82, 2.24) is 0 Å². The molecule has 3 aromatic rings. The zero-order valence-corrected chi connectivity index (χ0v) is 11.4. The Labute approximate surface area is 121 Å². The summed E-state index contributed by atoms with van der Waals surface area (Å²) in [4.78, 5) is 11.4. The summed E-state index contributed by atoms with van der Waals surface area (Å²) in [5, 5.41) is 10.6. The molecular weight excluding hydrogens is 267 g/mol. The third-order valence-electron chi connectivity index (χ3n) is 3.57. The highest BCUT2D eigenvalue weighted by Crippen LogP contribution is 2.33. The molecule has 1 N–H and O–H groups in total. The standard InChI is InChI=1S/C18H13FO2/c1-11-6-7-15(18(20)21)16(10-11)13-8-9-17(19)14-5-3-2-4-12(13)14/h2-10H,1H3,(H,20,21). The maximum absolute atomic E-state index is 13.9. The molecule has 0 fully saturated rings. The molecule has 3 aromatic carbocycles. The SMILES string of the molecule is Cc1ccc(C(=O)O)c(-c2ccc(F)c3ccccc23)c1. The second-order valence-electron chi connectivity index (χ2n) is 4.99. The van der Waals surface area contributed by atoms with Crippen LogP contribution in [0.3, 0.4) is 0 Å². The first-order valence-corrected chi connectivity index (χ1v) is 6.59. The molecule has 0 bridgehead atoms. The molecule has 0 saturated heterocycles. The van der Waals surface area contributed by atoms with E-state index in [9.17, 15) is 14.3 Å². The number of hydrogen-bond acceptors (Lipinski definition) is 1. The smallest absolute Gasteiger partial charge is 0.336 e. The number of halogens is 1. The average Bonchev–Trinajstić information content (AvgIpc) is 2.47. The van der Waals surface area contributed by atoms with Crippen molar-refractivity contribution in [3.8, 4) is 11.1 Å². The molecule has 0 amide bonds. The Balaban J connectivity index is 2.39. The summed E-state index contributed by atoms with van der Waals surface area (Å²) in [6.45, 7) is 1.90. The van der Waals surface area contributed by atoms with Crippen molar-refractivity contribution in [3.63, 3.8) is 0 Å². The van der Waals surface area contributed by atoms with E-state index in [4.69, 9.17) is 0 Å². The van der Waals surface area contributed by atoms with Gasteiger partial charge in [-0.1, -0.05) is 48.0 Å². The monoisotopic (exact) mass is 280 g/mol. The fraction of sp³-hybridized carbons (Fsp3) is 0.0556. The summed E-state index contributed by atoms with van der Waals surface area (Å²) in [5.74, 6) is -1.29. The molecule has 2 nitrogen and oxygen atoms in total. The highest BCUT2D eigenvalue weighted by atomic mass is 19.1. The van der Waals surface area contributed by atoms with Gasteiger partial charge in [0, 0.05) is 5.39 Å². The minimum Gasteiger partial charge on any atom is -0.478 e. The van der Waals surface area contributed by atoms with Crippen LogP contribution in [0, 0.1) is 12.7 Å². The first-order valence-electron chi connectivity index (χ1n) is 6.59. The van der Waals surface area contributed by atoms with Crippen molar-refractivity contribution >= 4 is 16.7 Å². The molecule has 0 heterocycles. The molecule has 3 heteroatoms. The van der Waals surface area contributed by atoms with E-state index in [1.54, 1.807) is 30.3 Å². The molecule has 0 spiro atoms. The van der Waals surface area contributed by atoms with Crippen molar-refractivity contribution in [3.05, 3.63) is 71.5 Å². The maximum Gasteiger partial charge on any atom is 0.336 e. The van der Waals surface area contributed by atoms with E-state index in [1.807, 2.05) is 25.1 Å². The topological polar surface area (TPSA) is 37.3 Å². The van der Waals surface area contributed by atoms with Gasteiger partial charge in [-0.05, 0) is 35.6 Å². The van der Waals surface area contributed by atoms with E-state index in [0.717, 1.165) is 11.1 Å². The highest BCUT2D eigenvalue weighted by molar-refractivity contribution is 6.03. The minimum absolute atomic E-state index is 0.220. The van der Waals surface area contributed by atoms with Crippen LogP contribution in [0.4, 0.5) is 4.39 Å². The summed E-state index contributed by atoms with van der Waals surface area (Å²) in [6.07, 6.45) is 0. The fourth-order valence-electron chi connectivity index (χ4n) is 2.56. The molecule has 0 unspecified atom stereocenters. The Kier molecular flexibility index (Phi) is 3.18. The van der Waals surface area contributed by atoms with Crippen LogP contribution in [0.5, 0.6) is 0 Å². The van der Waals surface area contributed by atoms with Gasteiger partial charge in [-0.15, -0.1) is 0 Å². The number of fused-ring (bicyclic) bond motifs is 1. The van der Waals surface area contributed by atoms with Gasteiger partial charge in [0.25, 0.3) is 0 Å². The Morgan fingerprint density at radius 3 is 2.38 bits per heavy atom. The number of hydrogen-bond donors (Lipinski definition) is 1. The second-order valence-corrected chi connectivity index (χ2v) is 4.99. The molecule has 0 aliphatic rings. The predicted octanol–water partition coefficient (Wildman–Crippen LogP) is 4.65. The maximum atomic E-state index is 13.9.